The molecule has 0 atom stereocenters. The lowest BCUT2D eigenvalue weighted by Crippen LogP contribution is -2.39. The van der Waals surface area contributed by atoms with E-state index in [2.05, 4.69) is 15.7 Å². The Labute approximate surface area is 143 Å². The normalized spacial score (nSPS) is 15.1. The van der Waals surface area contributed by atoms with Crippen molar-refractivity contribution >= 4 is 28.9 Å². The standard InChI is InChI=1S/C14H20ClF3N4S/c1-8(2)20-13(23)19-6-3-7-22-11(9-4-5-9)10(15)12(21-22)14(16,17)18/h8-9H,3-7H2,1-2H3,(H2,19,20,23). The van der Waals surface area contributed by atoms with E-state index in [1.807, 2.05) is 13.8 Å². The smallest absolute Gasteiger partial charge is 0.363 e. The van der Waals surface area contributed by atoms with E-state index >= 15 is 0 Å². The number of halogens is 4. The Bertz CT molecular complexity index is 567. The summed E-state index contributed by atoms with van der Waals surface area (Å²) >= 11 is 11.0. The molecule has 1 aliphatic carbocycles. The van der Waals surface area contributed by atoms with Crippen LogP contribution < -0.4 is 10.6 Å². The van der Waals surface area contributed by atoms with Gasteiger partial charge in [-0.25, -0.2) is 0 Å². The number of aromatic nitrogens is 2. The predicted molar refractivity (Wildman–Crippen MR) is 87.7 cm³/mol. The van der Waals surface area contributed by atoms with Gasteiger partial charge in [-0.05, 0) is 45.3 Å². The van der Waals surface area contributed by atoms with Crippen molar-refractivity contribution in [2.24, 2.45) is 0 Å². The molecule has 9 heteroatoms. The van der Waals surface area contributed by atoms with E-state index < -0.39 is 11.9 Å². The largest absolute Gasteiger partial charge is 0.436 e. The molecule has 1 saturated carbocycles. The first-order valence-corrected chi connectivity index (χ1v) is 8.36. The van der Waals surface area contributed by atoms with Crippen molar-refractivity contribution in [3.8, 4) is 0 Å². The summed E-state index contributed by atoms with van der Waals surface area (Å²) in [6, 6.07) is 0.232. The van der Waals surface area contributed by atoms with E-state index in [1.165, 1.54) is 4.68 Å². The second kappa shape index (κ2) is 7.25. The van der Waals surface area contributed by atoms with Crippen LogP contribution in [0.4, 0.5) is 13.2 Å². The highest BCUT2D eigenvalue weighted by molar-refractivity contribution is 7.80. The van der Waals surface area contributed by atoms with Gasteiger partial charge in [-0.2, -0.15) is 18.3 Å². The minimum Gasteiger partial charge on any atom is -0.363 e. The van der Waals surface area contributed by atoms with Crippen molar-refractivity contribution in [2.75, 3.05) is 6.54 Å². The zero-order valence-corrected chi connectivity index (χ0v) is 14.6. The molecule has 1 aromatic rings. The third-order valence-corrected chi connectivity index (χ3v) is 4.05. The molecule has 130 valence electrons. The van der Waals surface area contributed by atoms with Crippen LogP contribution in [-0.2, 0) is 12.7 Å². The number of rotatable bonds is 6. The van der Waals surface area contributed by atoms with E-state index in [1.54, 1.807) is 0 Å². The Morgan fingerprint density at radius 1 is 1.43 bits per heavy atom. The predicted octanol–water partition coefficient (Wildman–Crippen LogP) is 3.70. The van der Waals surface area contributed by atoms with E-state index in [0.717, 1.165) is 12.8 Å². The number of thiocarbonyl (C=S) groups is 1. The fourth-order valence-corrected chi connectivity index (χ4v) is 3.03. The summed E-state index contributed by atoms with van der Waals surface area (Å²) in [6.07, 6.45) is -2.19. The Hall–Kier alpha value is -1.02. The number of alkyl halides is 3. The number of aryl methyl sites for hydroxylation is 1. The molecule has 4 nitrogen and oxygen atoms in total. The van der Waals surface area contributed by atoms with Crippen molar-refractivity contribution < 1.29 is 13.2 Å². The molecule has 0 bridgehead atoms. The molecule has 0 spiro atoms. The van der Waals surface area contributed by atoms with Gasteiger partial charge in [0.25, 0.3) is 0 Å². The summed E-state index contributed by atoms with van der Waals surface area (Å²) < 4.78 is 40.2. The minimum absolute atomic E-state index is 0.0998. The fourth-order valence-electron chi connectivity index (χ4n) is 2.30. The van der Waals surface area contributed by atoms with Gasteiger partial charge in [-0.3, -0.25) is 4.68 Å². The number of nitrogens with one attached hydrogen (secondary N) is 2. The zero-order chi connectivity index (χ0) is 17.2. The van der Waals surface area contributed by atoms with E-state index in [0.29, 0.717) is 30.3 Å². The van der Waals surface area contributed by atoms with Crippen LogP contribution in [0.1, 0.15) is 50.4 Å². The molecule has 1 aromatic heterocycles. The van der Waals surface area contributed by atoms with Crippen LogP contribution >= 0.6 is 23.8 Å². The third-order valence-electron chi connectivity index (χ3n) is 3.42. The molecule has 0 amide bonds. The van der Waals surface area contributed by atoms with Crippen LogP contribution in [0.3, 0.4) is 0 Å². The molecule has 0 unspecified atom stereocenters. The Morgan fingerprint density at radius 3 is 2.61 bits per heavy atom. The molecule has 0 saturated heterocycles. The summed E-state index contributed by atoms with van der Waals surface area (Å²) in [5, 5.41) is 10.1. The molecule has 1 aliphatic rings. The van der Waals surface area contributed by atoms with Crippen molar-refractivity contribution in [3.05, 3.63) is 16.4 Å². The van der Waals surface area contributed by atoms with Gasteiger partial charge in [-0.1, -0.05) is 11.6 Å². The highest BCUT2D eigenvalue weighted by atomic mass is 35.5. The average molecular weight is 369 g/mol. The minimum atomic E-state index is -4.52. The SMILES string of the molecule is CC(C)NC(=S)NCCCn1nc(C(F)(F)F)c(Cl)c1C1CC1. The van der Waals surface area contributed by atoms with Gasteiger partial charge in [0.2, 0.25) is 0 Å². The molecule has 1 fully saturated rings. The highest BCUT2D eigenvalue weighted by Crippen LogP contribution is 2.46. The molecule has 1 heterocycles. The Morgan fingerprint density at radius 2 is 2.09 bits per heavy atom. The second-order valence-electron chi connectivity index (χ2n) is 5.95. The van der Waals surface area contributed by atoms with Crippen LogP contribution in [0.25, 0.3) is 0 Å². The third kappa shape index (κ3) is 4.97. The average Bonchev–Trinajstić information content (AvgIpc) is 3.17. The van der Waals surface area contributed by atoms with E-state index in [-0.39, 0.29) is 17.0 Å². The van der Waals surface area contributed by atoms with Gasteiger partial charge in [-0.15, -0.1) is 0 Å². The van der Waals surface area contributed by atoms with Gasteiger partial charge in [0.05, 0.1) is 10.7 Å². The summed E-state index contributed by atoms with van der Waals surface area (Å²) in [5.41, 5.74) is -0.465. The maximum atomic E-state index is 12.9. The van der Waals surface area contributed by atoms with E-state index in [4.69, 9.17) is 23.8 Å². The molecule has 2 N–H and O–H groups in total. The van der Waals surface area contributed by atoms with Crippen molar-refractivity contribution in [3.63, 3.8) is 0 Å². The quantitative estimate of drug-likeness (QED) is 0.593. The molecule has 2 rings (SSSR count). The first-order valence-electron chi connectivity index (χ1n) is 7.58. The first-order chi connectivity index (χ1) is 10.7. The summed E-state index contributed by atoms with van der Waals surface area (Å²) in [5.74, 6) is 0.0998. The fraction of sp³-hybridized carbons (Fsp3) is 0.714. The number of nitrogens with zero attached hydrogens (tertiary/aromatic N) is 2. The van der Waals surface area contributed by atoms with Crippen LogP contribution in [0.15, 0.2) is 0 Å². The summed E-state index contributed by atoms with van der Waals surface area (Å²) in [4.78, 5) is 0. The van der Waals surface area contributed by atoms with Crippen molar-refractivity contribution in [2.45, 2.75) is 57.8 Å². The molecule has 0 aliphatic heterocycles. The number of hydrogen-bond donors (Lipinski definition) is 2. The van der Waals surface area contributed by atoms with E-state index in [9.17, 15) is 13.2 Å². The van der Waals surface area contributed by atoms with Crippen LogP contribution in [0.5, 0.6) is 0 Å². The molecular weight excluding hydrogens is 349 g/mol. The van der Waals surface area contributed by atoms with Crippen LogP contribution in [0, 0.1) is 0 Å². The monoisotopic (exact) mass is 368 g/mol. The molecule has 0 radical (unpaired) electrons. The van der Waals surface area contributed by atoms with Gasteiger partial charge < -0.3 is 10.6 Å². The summed E-state index contributed by atoms with van der Waals surface area (Å²) in [6.45, 7) is 4.88. The van der Waals surface area contributed by atoms with Crippen molar-refractivity contribution in [1.29, 1.82) is 0 Å². The maximum absolute atomic E-state index is 12.9. The molecule has 23 heavy (non-hydrogen) atoms. The molecule has 0 aromatic carbocycles. The topological polar surface area (TPSA) is 41.9 Å². The van der Waals surface area contributed by atoms with Gasteiger partial charge in [0.1, 0.15) is 0 Å². The first kappa shape index (κ1) is 18.3. The Kier molecular flexibility index (Phi) is 5.78. The van der Waals surface area contributed by atoms with Gasteiger partial charge >= 0.3 is 6.18 Å². The highest BCUT2D eigenvalue weighted by Gasteiger charge is 2.41. The molecular formula is C14H20ClF3N4S. The van der Waals surface area contributed by atoms with Crippen LogP contribution in [0.2, 0.25) is 5.02 Å². The maximum Gasteiger partial charge on any atom is 0.436 e. The van der Waals surface area contributed by atoms with Gasteiger partial charge in [0.15, 0.2) is 10.8 Å². The van der Waals surface area contributed by atoms with Gasteiger partial charge in [0, 0.05) is 25.0 Å². The van der Waals surface area contributed by atoms with Crippen LogP contribution in [-0.4, -0.2) is 27.5 Å². The van der Waals surface area contributed by atoms with Crippen molar-refractivity contribution in [1.82, 2.24) is 20.4 Å². The second-order valence-corrected chi connectivity index (χ2v) is 6.74. The lowest BCUT2D eigenvalue weighted by Gasteiger charge is -2.13. The lowest BCUT2D eigenvalue weighted by atomic mass is 10.2. The number of hydrogen-bond acceptors (Lipinski definition) is 2. The summed E-state index contributed by atoms with van der Waals surface area (Å²) in [7, 11) is 0. The Balaban J connectivity index is 1.96. The lowest BCUT2D eigenvalue weighted by molar-refractivity contribution is -0.141. The zero-order valence-electron chi connectivity index (χ0n) is 13.0.